The van der Waals surface area contributed by atoms with Crippen LogP contribution in [0.3, 0.4) is 0 Å². The molecule has 3 rings (SSSR count). The first-order valence-corrected chi connectivity index (χ1v) is 11.1. The topological polar surface area (TPSA) is 39.7 Å². The molecule has 0 bridgehead atoms. The van der Waals surface area contributed by atoms with Crippen molar-refractivity contribution in [2.75, 3.05) is 26.2 Å². The zero-order chi connectivity index (χ0) is 19.8. The van der Waals surface area contributed by atoms with E-state index in [0.29, 0.717) is 12.0 Å². The van der Waals surface area contributed by atoms with Gasteiger partial charge in [0, 0.05) is 43.0 Å². The van der Waals surface area contributed by atoms with E-state index in [1.54, 1.807) is 23.5 Å². The normalized spacial score (nSPS) is 16.9. The van der Waals surface area contributed by atoms with Crippen LogP contribution in [0.25, 0.3) is 0 Å². The largest absolute Gasteiger partial charge is 0.357 e. The van der Waals surface area contributed by atoms with Crippen molar-refractivity contribution in [2.24, 2.45) is 4.99 Å². The molecule has 1 unspecified atom stereocenters. The van der Waals surface area contributed by atoms with Crippen LogP contribution in [0.4, 0.5) is 4.39 Å². The van der Waals surface area contributed by atoms with Gasteiger partial charge in [-0.25, -0.2) is 4.39 Å². The molecule has 1 aromatic heterocycles. The van der Waals surface area contributed by atoms with E-state index in [4.69, 9.17) is 4.99 Å². The molecular formula is C22H32FIN4S. The fraction of sp³-hybridized carbons (Fsp3) is 0.500. The molecule has 2 N–H and O–H groups in total. The lowest BCUT2D eigenvalue weighted by Gasteiger charge is -2.33. The molecule has 1 fully saturated rings. The van der Waals surface area contributed by atoms with Crippen molar-refractivity contribution in [3.8, 4) is 0 Å². The molecular weight excluding hydrogens is 498 g/mol. The van der Waals surface area contributed by atoms with Gasteiger partial charge in [-0.15, -0.1) is 35.3 Å². The Morgan fingerprint density at radius 1 is 1.24 bits per heavy atom. The van der Waals surface area contributed by atoms with Gasteiger partial charge in [-0.3, -0.25) is 9.89 Å². The summed E-state index contributed by atoms with van der Waals surface area (Å²) in [5.41, 5.74) is 1.17. The summed E-state index contributed by atoms with van der Waals surface area (Å²) in [5.74, 6) is 1.19. The van der Waals surface area contributed by atoms with E-state index in [9.17, 15) is 4.39 Å². The van der Waals surface area contributed by atoms with E-state index >= 15 is 0 Å². The Bertz CT molecular complexity index is 728. The van der Waals surface area contributed by atoms with E-state index in [1.165, 1.54) is 10.4 Å². The van der Waals surface area contributed by atoms with E-state index in [0.717, 1.165) is 51.5 Å². The highest BCUT2D eigenvalue weighted by Crippen LogP contribution is 2.20. The lowest BCUT2D eigenvalue weighted by Crippen LogP contribution is -2.48. The summed E-state index contributed by atoms with van der Waals surface area (Å²) in [6, 6.07) is 11.6. The van der Waals surface area contributed by atoms with Crippen LogP contribution >= 0.6 is 35.3 Å². The maximum Gasteiger partial charge on any atom is 0.191 e. The van der Waals surface area contributed by atoms with Crippen LogP contribution in [0.2, 0.25) is 0 Å². The number of halogens is 2. The first-order valence-electron chi connectivity index (χ1n) is 10.2. The molecule has 1 aromatic carbocycles. The molecule has 2 aromatic rings. The number of nitrogens with zero attached hydrogens (tertiary/aromatic N) is 2. The van der Waals surface area contributed by atoms with Crippen molar-refractivity contribution in [3.63, 3.8) is 0 Å². The summed E-state index contributed by atoms with van der Waals surface area (Å²) in [7, 11) is 0. The van der Waals surface area contributed by atoms with Gasteiger partial charge in [0.05, 0.1) is 6.54 Å². The summed E-state index contributed by atoms with van der Waals surface area (Å²) < 4.78 is 13.1. The standard InChI is InChI=1S/C22H31FN4S.HI/c1-3-24-22(25-15-17(2)21-5-4-14-28-21)26-20-10-12-27(13-11-20)16-18-6-8-19(23)9-7-18;/h4-9,14,17,20H,3,10-13,15-16H2,1-2H3,(H2,24,25,26);1H. The number of thiophene rings is 1. The van der Waals surface area contributed by atoms with Crippen molar-refractivity contribution in [1.29, 1.82) is 0 Å². The monoisotopic (exact) mass is 530 g/mol. The van der Waals surface area contributed by atoms with Gasteiger partial charge in [0.25, 0.3) is 0 Å². The SMILES string of the molecule is CCNC(=NCC(C)c1cccs1)NC1CCN(Cc2ccc(F)cc2)CC1.I. The highest BCUT2D eigenvalue weighted by atomic mass is 127. The van der Waals surface area contributed by atoms with Crippen LogP contribution in [-0.2, 0) is 6.54 Å². The molecule has 2 heterocycles. The van der Waals surface area contributed by atoms with Gasteiger partial charge in [0.2, 0.25) is 0 Å². The lowest BCUT2D eigenvalue weighted by atomic mass is 10.0. The molecule has 0 amide bonds. The molecule has 7 heteroatoms. The third-order valence-electron chi connectivity index (χ3n) is 5.14. The van der Waals surface area contributed by atoms with Crippen LogP contribution in [0.15, 0.2) is 46.8 Å². The Labute approximate surface area is 195 Å². The minimum absolute atomic E-state index is 0. The molecule has 1 aliphatic rings. The summed E-state index contributed by atoms with van der Waals surface area (Å²) in [6.07, 6.45) is 2.18. The molecule has 4 nitrogen and oxygen atoms in total. The van der Waals surface area contributed by atoms with Gasteiger partial charge in [0.15, 0.2) is 5.96 Å². The Balaban J connectivity index is 0.00000300. The Morgan fingerprint density at radius 3 is 2.59 bits per heavy atom. The molecule has 0 saturated carbocycles. The quantitative estimate of drug-likeness (QED) is 0.306. The summed E-state index contributed by atoms with van der Waals surface area (Å²) in [6.45, 7) is 8.96. The fourth-order valence-electron chi connectivity index (χ4n) is 3.49. The number of piperidine rings is 1. The van der Waals surface area contributed by atoms with E-state index in [-0.39, 0.29) is 29.8 Å². The van der Waals surface area contributed by atoms with Crippen molar-refractivity contribution in [2.45, 2.75) is 45.2 Å². The summed E-state index contributed by atoms with van der Waals surface area (Å²) in [4.78, 5) is 8.63. The second-order valence-corrected chi connectivity index (χ2v) is 8.44. The number of likely N-dealkylation sites (tertiary alicyclic amines) is 1. The number of benzene rings is 1. The Morgan fingerprint density at radius 2 is 1.97 bits per heavy atom. The molecule has 160 valence electrons. The second kappa shape index (κ2) is 12.5. The molecule has 1 saturated heterocycles. The number of hydrogen-bond donors (Lipinski definition) is 2. The van der Waals surface area contributed by atoms with E-state index < -0.39 is 0 Å². The van der Waals surface area contributed by atoms with Gasteiger partial charge in [-0.2, -0.15) is 0 Å². The van der Waals surface area contributed by atoms with Crippen LogP contribution in [-0.4, -0.2) is 43.1 Å². The molecule has 1 atom stereocenters. The van der Waals surface area contributed by atoms with Crippen LogP contribution in [0.1, 0.15) is 43.0 Å². The van der Waals surface area contributed by atoms with Crippen LogP contribution < -0.4 is 10.6 Å². The fourth-order valence-corrected chi connectivity index (χ4v) is 4.26. The predicted molar refractivity (Wildman–Crippen MR) is 132 cm³/mol. The predicted octanol–water partition coefficient (Wildman–Crippen LogP) is 4.83. The lowest BCUT2D eigenvalue weighted by molar-refractivity contribution is 0.198. The van der Waals surface area contributed by atoms with E-state index in [1.807, 2.05) is 12.1 Å². The van der Waals surface area contributed by atoms with Crippen LogP contribution in [0.5, 0.6) is 0 Å². The third-order valence-corrected chi connectivity index (χ3v) is 6.25. The van der Waals surface area contributed by atoms with E-state index in [2.05, 4.69) is 46.9 Å². The molecule has 1 aliphatic heterocycles. The Hall–Kier alpha value is -1.19. The third kappa shape index (κ3) is 7.86. The van der Waals surface area contributed by atoms with Gasteiger partial charge in [0.1, 0.15) is 5.82 Å². The average Bonchev–Trinajstić information content (AvgIpc) is 3.24. The number of nitrogens with one attached hydrogen (secondary N) is 2. The average molecular weight is 530 g/mol. The molecule has 0 spiro atoms. The minimum Gasteiger partial charge on any atom is -0.357 e. The zero-order valence-electron chi connectivity index (χ0n) is 17.2. The number of rotatable bonds is 7. The van der Waals surface area contributed by atoms with Crippen molar-refractivity contribution in [3.05, 3.63) is 58.0 Å². The van der Waals surface area contributed by atoms with Gasteiger partial charge < -0.3 is 10.6 Å². The number of aliphatic imine (C=N–C) groups is 1. The minimum atomic E-state index is -0.171. The molecule has 0 radical (unpaired) electrons. The first kappa shape index (κ1) is 24.1. The Kier molecular flexibility index (Phi) is 10.4. The van der Waals surface area contributed by atoms with Gasteiger partial charge >= 0.3 is 0 Å². The molecule has 0 aliphatic carbocycles. The maximum absolute atomic E-state index is 13.1. The van der Waals surface area contributed by atoms with Crippen LogP contribution in [0, 0.1) is 5.82 Å². The van der Waals surface area contributed by atoms with Gasteiger partial charge in [-0.05, 0) is 48.9 Å². The van der Waals surface area contributed by atoms with Crippen molar-refractivity contribution < 1.29 is 4.39 Å². The highest BCUT2D eigenvalue weighted by Gasteiger charge is 2.20. The summed E-state index contributed by atoms with van der Waals surface area (Å²) >= 11 is 1.80. The summed E-state index contributed by atoms with van der Waals surface area (Å²) in [5, 5.41) is 9.12. The molecule has 29 heavy (non-hydrogen) atoms. The van der Waals surface area contributed by atoms with Gasteiger partial charge in [-0.1, -0.05) is 25.1 Å². The highest BCUT2D eigenvalue weighted by molar-refractivity contribution is 14.0. The number of guanidine groups is 1. The second-order valence-electron chi connectivity index (χ2n) is 7.46. The van der Waals surface area contributed by atoms with Crippen molar-refractivity contribution in [1.82, 2.24) is 15.5 Å². The first-order chi connectivity index (χ1) is 13.6. The smallest absolute Gasteiger partial charge is 0.191 e. The number of hydrogen-bond acceptors (Lipinski definition) is 3. The van der Waals surface area contributed by atoms with Crippen molar-refractivity contribution >= 4 is 41.3 Å². The maximum atomic E-state index is 13.1. The zero-order valence-corrected chi connectivity index (χ0v) is 20.4.